The lowest BCUT2D eigenvalue weighted by Crippen LogP contribution is -2.32. The topological polar surface area (TPSA) is 65.4 Å². The van der Waals surface area contributed by atoms with Crippen molar-refractivity contribution in [2.75, 3.05) is 13.1 Å². The molecule has 1 aromatic heterocycles. The number of nitrogens with one attached hydrogen (secondary N) is 1. The van der Waals surface area contributed by atoms with Gasteiger partial charge in [0, 0.05) is 29.8 Å². The molecule has 0 bridgehead atoms. The number of pyridine rings is 1. The van der Waals surface area contributed by atoms with Gasteiger partial charge in [-0.2, -0.15) is 0 Å². The Labute approximate surface area is 89.5 Å². The highest BCUT2D eigenvalue weighted by atomic mass is 16.4. The van der Waals surface area contributed by atoms with Gasteiger partial charge in [-0.15, -0.1) is 0 Å². The molecule has 4 nitrogen and oxygen atoms in total. The first-order valence-electron chi connectivity index (χ1n) is 5.30. The monoisotopic (exact) mass is 206 g/mol. The van der Waals surface area contributed by atoms with E-state index in [0.29, 0.717) is 11.4 Å². The molecule has 1 unspecified atom stereocenters. The number of piperidine rings is 1. The average molecular weight is 206 g/mol. The lowest BCUT2D eigenvalue weighted by molar-refractivity contribution is 0.425. The molecule has 0 amide bonds. The summed E-state index contributed by atoms with van der Waals surface area (Å²) in [5, 5.41) is 21.2. The Balaban J connectivity index is 2.08. The second-order valence-corrected chi connectivity index (χ2v) is 3.93. The Kier molecular flexibility index (Phi) is 3.35. The van der Waals surface area contributed by atoms with E-state index in [-0.39, 0.29) is 0 Å². The van der Waals surface area contributed by atoms with E-state index in [2.05, 4.69) is 10.3 Å². The minimum atomic E-state index is -1.42. The molecule has 1 atom stereocenters. The fourth-order valence-electron chi connectivity index (χ4n) is 1.92. The number of rotatable bonds is 2. The van der Waals surface area contributed by atoms with Crippen molar-refractivity contribution >= 4 is 12.6 Å². The van der Waals surface area contributed by atoms with Gasteiger partial charge in [-0.25, -0.2) is 0 Å². The van der Waals surface area contributed by atoms with Crippen LogP contribution in [0.25, 0.3) is 0 Å². The van der Waals surface area contributed by atoms with Gasteiger partial charge in [0.05, 0.1) is 0 Å². The molecule has 0 radical (unpaired) electrons. The Morgan fingerprint density at radius 1 is 1.40 bits per heavy atom. The average Bonchev–Trinajstić information content (AvgIpc) is 2.30. The van der Waals surface area contributed by atoms with Crippen LogP contribution >= 0.6 is 0 Å². The van der Waals surface area contributed by atoms with Crippen LogP contribution in [-0.2, 0) is 0 Å². The van der Waals surface area contributed by atoms with Gasteiger partial charge in [0.1, 0.15) is 0 Å². The normalized spacial score (nSPS) is 21.3. The number of nitrogens with zero attached hydrogens (tertiary/aromatic N) is 1. The van der Waals surface area contributed by atoms with Crippen molar-refractivity contribution in [2.24, 2.45) is 0 Å². The predicted molar refractivity (Wildman–Crippen MR) is 58.9 cm³/mol. The highest BCUT2D eigenvalue weighted by molar-refractivity contribution is 6.58. The summed E-state index contributed by atoms with van der Waals surface area (Å²) in [7, 11) is -1.42. The van der Waals surface area contributed by atoms with Crippen molar-refractivity contribution in [3.63, 3.8) is 0 Å². The van der Waals surface area contributed by atoms with Crippen LogP contribution in [0.2, 0.25) is 0 Å². The SMILES string of the molecule is OB(O)c1ccc(C2CCCNC2)nc1. The molecule has 0 spiro atoms. The van der Waals surface area contributed by atoms with Crippen molar-refractivity contribution in [1.29, 1.82) is 0 Å². The Hall–Kier alpha value is -0.905. The highest BCUT2D eigenvalue weighted by Gasteiger charge is 2.17. The van der Waals surface area contributed by atoms with Crippen molar-refractivity contribution in [2.45, 2.75) is 18.8 Å². The molecule has 0 saturated carbocycles. The molecule has 5 heteroatoms. The molecule has 1 aliphatic rings. The second-order valence-electron chi connectivity index (χ2n) is 3.93. The Bertz CT molecular complexity index is 310. The first-order chi connectivity index (χ1) is 7.27. The maximum Gasteiger partial charge on any atom is 0.490 e. The Morgan fingerprint density at radius 2 is 2.27 bits per heavy atom. The van der Waals surface area contributed by atoms with Crippen molar-refractivity contribution < 1.29 is 10.0 Å². The highest BCUT2D eigenvalue weighted by Crippen LogP contribution is 2.20. The van der Waals surface area contributed by atoms with E-state index < -0.39 is 7.12 Å². The molecule has 1 aliphatic heterocycles. The fraction of sp³-hybridized carbons (Fsp3) is 0.500. The van der Waals surface area contributed by atoms with Gasteiger partial charge in [0.25, 0.3) is 0 Å². The molecule has 2 heterocycles. The zero-order valence-corrected chi connectivity index (χ0v) is 8.56. The maximum atomic E-state index is 8.93. The Morgan fingerprint density at radius 3 is 2.80 bits per heavy atom. The molecule has 2 rings (SSSR count). The van der Waals surface area contributed by atoms with Crippen LogP contribution in [0.4, 0.5) is 0 Å². The van der Waals surface area contributed by atoms with E-state index in [1.807, 2.05) is 6.07 Å². The van der Waals surface area contributed by atoms with Crippen molar-refractivity contribution in [3.05, 3.63) is 24.0 Å². The summed E-state index contributed by atoms with van der Waals surface area (Å²) in [4.78, 5) is 4.26. The summed E-state index contributed by atoms with van der Waals surface area (Å²) in [6.07, 6.45) is 3.87. The molecule has 0 aromatic carbocycles. The van der Waals surface area contributed by atoms with Crippen LogP contribution < -0.4 is 10.8 Å². The minimum Gasteiger partial charge on any atom is -0.423 e. The van der Waals surface area contributed by atoms with E-state index in [1.165, 1.54) is 12.6 Å². The van der Waals surface area contributed by atoms with Crippen LogP contribution in [0.1, 0.15) is 24.5 Å². The predicted octanol–water partition coefficient (Wildman–Crippen LogP) is -0.772. The third-order valence-electron chi connectivity index (χ3n) is 2.82. The van der Waals surface area contributed by atoms with E-state index >= 15 is 0 Å². The lowest BCUT2D eigenvalue weighted by atomic mass is 9.81. The van der Waals surface area contributed by atoms with Gasteiger partial charge >= 0.3 is 7.12 Å². The van der Waals surface area contributed by atoms with E-state index in [4.69, 9.17) is 10.0 Å². The smallest absolute Gasteiger partial charge is 0.423 e. The first kappa shape index (κ1) is 10.6. The molecule has 15 heavy (non-hydrogen) atoms. The molecule has 1 saturated heterocycles. The van der Waals surface area contributed by atoms with Crippen LogP contribution in [0, 0.1) is 0 Å². The van der Waals surface area contributed by atoms with Crippen molar-refractivity contribution in [3.8, 4) is 0 Å². The largest absolute Gasteiger partial charge is 0.490 e. The number of hydrogen-bond donors (Lipinski definition) is 3. The van der Waals surface area contributed by atoms with Crippen LogP contribution in [0.3, 0.4) is 0 Å². The zero-order valence-electron chi connectivity index (χ0n) is 8.56. The van der Waals surface area contributed by atoms with Gasteiger partial charge < -0.3 is 15.4 Å². The fourth-order valence-corrected chi connectivity index (χ4v) is 1.92. The van der Waals surface area contributed by atoms with Gasteiger partial charge in [-0.3, -0.25) is 4.98 Å². The second kappa shape index (κ2) is 4.74. The van der Waals surface area contributed by atoms with Crippen LogP contribution in [0.5, 0.6) is 0 Å². The molecular weight excluding hydrogens is 191 g/mol. The summed E-state index contributed by atoms with van der Waals surface area (Å²) in [6.45, 7) is 2.05. The van der Waals surface area contributed by atoms with Crippen LogP contribution in [0.15, 0.2) is 18.3 Å². The minimum absolute atomic E-state index is 0.447. The molecule has 80 valence electrons. The van der Waals surface area contributed by atoms with Gasteiger partial charge in [-0.1, -0.05) is 6.07 Å². The van der Waals surface area contributed by atoms with Gasteiger partial charge in [-0.05, 0) is 25.5 Å². The first-order valence-corrected chi connectivity index (χ1v) is 5.30. The molecule has 1 aromatic rings. The summed E-state index contributed by atoms with van der Waals surface area (Å²) < 4.78 is 0. The standard InChI is InChI=1S/C10H15BN2O2/c14-11(15)9-3-4-10(13-7-9)8-2-1-5-12-6-8/h3-4,7-8,12,14-15H,1-2,5-6H2. The molecule has 1 fully saturated rings. The molecule has 0 aliphatic carbocycles. The lowest BCUT2D eigenvalue weighted by Gasteiger charge is -2.22. The van der Waals surface area contributed by atoms with Crippen molar-refractivity contribution in [1.82, 2.24) is 10.3 Å². The van der Waals surface area contributed by atoms with E-state index in [0.717, 1.165) is 25.2 Å². The summed E-state index contributed by atoms with van der Waals surface area (Å²) >= 11 is 0. The molecular formula is C10H15BN2O2. The third kappa shape index (κ3) is 2.56. The summed E-state index contributed by atoms with van der Waals surface area (Å²) in [5.41, 5.74) is 1.48. The number of hydrogen-bond acceptors (Lipinski definition) is 4. The third-order valence-corrected chi connectivity index (χ3v) is 2.82. The maximum absolute atomic E-state index is 8.93. The van der Waals surface area contributed by atoms with Gasteiger partial charge in [0.15, 0.2) is 0 Å². The van der Waals surface area contributed by atoms with Crippen LogP contribution in [-0.4, -0.2) is 35.2 Å². The molecule has 3 N–H and O–H groups in total. The summed E-state index contributed by atoms with van der Waals surface area (Å²) in [6, 6.07) is 3.61. The van der Waals surface area contributed by atoms with E-state index in [1.54, 1.807) is 6.07 Å². The number of aromatic nitrogens is 1. The quantitative estimate of drug-likeness (QED) is 0.556. The zero-order chi connectivity index (χ0) is 10.7. The summed E-state index contributed by atoms with van der Waals surface area (Å²) in [5.74, 6) is 0.462. The van der Waals surface area contributed by atoms with Gasteiger partial charge in [0.2, 0.25) is 0 Å². The van der Waals surface area contributed by atoms with E-state index in [9.17, 15) is 0 Å².